The summed E-state index contributed by atoms with van der Waals surface area (Å²) in [6, 6.07) is 13.4. The summed E-state index contributed by atoms with van der Waals surface area (Å²) >= 11 is 6.11. The molecule has 0 saturated heterocycles. The van der Waals surface area contributed by atoms with E-state index in [4.69, 9.17) is 16.6 Å². The summed E-state index contributed by atoms with van der Waals surface area (Å²) in [4.78, 5) is 4.70. The van der Waals surface area contributed by atoms with Gasteiger partial charge in [-0.2, -0.15) is 0 Å². The van der Waals surface area contributed by atoms with Gasteiger partial charge in [-0.3, -0.25) is 0 Å². The average molecular weight is 301 g/mol. The largest absolute Gasteiger partial charge is 0.508 e. The minimum atomic E-state index is 0.273. The van der Waals surface area contributed by atoms with Crippen LogP contribution in [0, 0.1) is 0 Å². The van der Waals surface area contributed by atoms with E-state index in [0.29, 0.717) is 17.2 Å². The standard InChI is InChI=1S/C17H17ClN2O/c1-11(2)20-15-10-13(18)7-8-14(15)19-17(20)9-12-5-3-4-6-16(12)21/h3-8,10-11,21H,9H2,1-2H3. The fourth-order valence-corrected chi connectivity index (χ4v) is 2.81. The van der Waals surface area contributed by atoms with Crippen LogP contribution in [0.2, 0.25) is 5.02 Å². The number of phenols is 1. The molecule has 21 heavy (non-hydrogen) atoms. The molecule has 0 fully saturated rings. The van der Waals surface area contributed by atoms with Gasteiger partial charge in [-0.05, 0) is 38.1 Å². The van der Waals surface area contributed by atoms with Crippen LogP contribution in [-0.2, 0) is 6.42 Å². The number of halogens is 1. The second kappa shape index (κ2) is 5.41. The first-order valence-electron chi connectivity index (χ1n) is 6.99. The van der Waals surface area contributed by atoms with E-state index in [1.165, 1.54) is 0 Å². The fraction of sp³-hybridized carbons (Fsp3) is 0.235. The van der Waals surface area contributed by atoms with Gasteiger partial charge in [0.15, 0.2) is 0 Å². The molecule has 0 saturated carbocycles. The molecule has 3 aromatic rings. The molecule has 108 valence electrons. The van der Waals surface area contributed by atoms with Crippen molar-refractivity contribution in [2.75, 3.05) is 0 Å². The maximum absolute atomic E-state index is 9.96. The Balaban J connectivity index is 2.14. The van der Waals surface area contributed by atoms with Gasteiger partial charge in [0.2, 0.25) is 0 Å². The summed E-state index contributed by atoms with van der Waals surface area (Å²) in [7, 11) is 0. The van der Waals surface area contributed by atoms with E-state index >= 15 is 0 Å². The van der Waals surface area contributed by atoms with Crippen LogP contribution in [0.1, 0.15) is 31.3 Å². The maximum Gasteiger partial charge on any atom is 0.119 e. The van der Waals surface area contributed by atoms with Crippen LogP contribution in [0.5, 0.6) is 5.75 Å². The van der Waals surface area contributed by atoms with Crippen LogP contribution in [0.25, 0.3) is 11.0 Å². The van der Waals surface area contributed by atoms with Gasteiger partial charge < -0.3 is 9.67 Å². The minimum absolute atomic E-state index is 0.273. The van der Waals surface area contributed by atoms with Crippen molar-refractivity contribution in [3.05, 3.63) is 58.9 Å². The van der Waals surface area contributed by atoms with Crippen molar-refractivity contribution in [3.8, 4) is 5.75 Å². The Kier molecular flexibility index (Phi) is 3.60. The number of rotatable bonds is 3. The Hall–Kier alpha value is -2.00. The minimum Gasteiger partial charge on any atom is -0.508 e. The number of phenolic OH excluding ortho intramolecular Hbond substituents is 1. The molecular weight excluding hydrogens is 284 g/mol. The van der Waals surface area contributed by atoms with Gasteiger partial charge in [0, 0.05) is 23.0 Å². The smallest absolute Gasteiger partial charge is 0.119 e. The molecule has 0 bridgehead atoms. The van der Waals surface area contributed by atoms with Gasteiger partial charge in [-0.1, -0.05) is 29.8 Å². The van der Waals surface area contributed by atoms with E-state index in [1.54, 1.807) is 6.07 Å². The number of nitrogens with zero attached hydrogens (tertiary/aromatic N) is 2. The van der Waals surface area contributed by atoms with Crippen LogP contribution in [0.3, 0.4) is 0 Å². The third-order valence-electron chi connectivity index (χ3n) is 3.58. The summed E-state index contributed by atoms with van der Waals surface area (Å²) in [6.07, 6.45) is 0.594. The lowest BCUT2D eigenvalue weighted by Gasteiger charge is -2.13. The molecule has 2 aromatic carbocycles. The first-order valence-corrected chi connectivity index (χ1v) is 7.37. The molecule has 3 rings (SSSR count). The highest BCUT2D eigenvalue weighted by Crippen LogP contribution is 2.27. The highest BCUT2D eigenvalue weighted by Gasteiger charge is 2.15. The van der Waals surface area contributed by atoms with Crippen LogP contribution in [-0.4, -0.2) is 14.7 Å². The van der Waals surface area contributed by atoms with Crippen molar-refractivity contribution in [1.29, 1.82) is 0 Å². The number of hydrogen-bond acceptors (Lipinski definition) is 2. The Labute approximate surface area is 128 Å². The Bertz CT molecular complexity index is 793. The second-order valence-corrected chi connectivity index (χ2v) is 5.87. The SMILES string of the molecule is CC(C)n1c(Cc2ccccc2O)nc2ccc(Cl)cc21. The lowest BCUT2D eigenvalue weighted by molar-refractivity contribution is 0.468. The first-order chi connectivity index (χ1) is 10.1. The number of fused-ring (bicyclic) bond motifs is 1. The zero-order valence-electron chi connectivity index (χ0n) is 12.0. The third kappa shape index (κ3) is 2.61. The molecule has 0 unspecified atom stereocenters. The highest BCUT2D eigenvalue weighted by atomic mass is 35.5. The van der Waals surface area contributed by atoms with Crippen molar-refractivity contribution in [2.24, 2.45) is 0 Å². The van der Waals surface area contributed by atoms with Gasteiger partial charge >= 0.3 is 0 Å². The molecule has 0 aliphatic rings. The number of hydrogen-bond donors (Lipinski definition) is 1. The van der Waals surface area contributed by atoms with Crippen molar-refractivity contribution in [1.82, 2.24) is 9.55 Å². The summed E-state index contributed by atoms with van der Waals surface area (Å²) in [5, 5.41) is 10.7. The zero-order chi connectivity index (χ0) is 15.0. The average Bonchev–Trinajstić information content (AvgIpc) is 2.78. The van der Waals surface area contributed by atoms with Gasteiger partial charge in [0.1, 0.15) is 11.6 Å². The topological polar surface area (TPSA) is 38.0 Å². The lowest BCUT2D eigenvalue weighted by Crippen LogP contribution is -2.07. The predicted octanol–water partition coefficient (Wildman–Crippen LogP) is 4.57. The first kappa shape index (κ1) is 14.0. The van der Waals surface area contributed by atoms with E-state index in [1.807, 2.05) is 36.4 Å². The monoisotopic (exact) mass is 300 g/mol. The van der Waals surface area contributed by atoms with Gasteiger partial charge in [0.05, 0.1) is 11.0 Å². The molecule has 0 atom stereocenters. The third-order valence-corrected chi connectivity index (χ3v) is 3.82. The molecule has 1 heterocycles. The van der Waals surface area contributed by atoms with E-state index in [9.17, 15) is 5.11 Å². The van der Waals surface area contributed by atoms with E-state index in [2.05, 4.69) is 18.4 Å². The van der Waals surface area contributed by atoms with Crippen molar-refractivity contribution < 1.29 is 5.11 Å². The second-order valence-electron chi connectivity index (χ2n) is 5.43. The molecule has 1 N–H and O–H groups in total. The van der Waals surface area contributed by atoms with Crippen molar-refractivity contribution in [2.45, 2.75) is 26.3 Å². The number of benzene rings is 2. The molecule has 0 spiro atoms. The van der Waals surface area contributed by atoms with Gasteiger partial charge in [-0.15, -0.1) is 0 Å². The van der Waals surface area contributed by atoms with Crippen molar-refractivity contribution in [3.63, 3.8) is 0 Å². The molecule has 0 amide bonds. The van der Waals surface area contributed by atoms with Gasteiger partial charge in [0.25, 0.3) is 0 Å². The molecule has 3 nitrogen and oxygen atoms in total. The molecule has 0 radical (unpaired) electrons. The number of imidazole rings is 1. The number of para-hydroxylation sites is 1. The molecule has 4 heteroatoms. The normalized spacial score (nSPS) is 11.4. The Morgan fingerprint density at radius 3 is 2.67 bits per heavy atom. The lowest BCUT2D eigenvalue weighted by atomic mass is 10.1. The fourth-order valence-electron chi connectivity index (χ4n) is 2.65. The van der Waals surface area contributed by atoms with Crippen LogP contribution in [0.4, 0.5) is 0 Å². The molecule has 0 aliphatic carbocycles. The van der Waals surface area contributed by atoms with Crippen molar-refractivity contribution >= 4 is 22.6 Å². The maximum atomic E-state index is 9.96. The summed E-state index contributed by atoms with van der Waals surface area (Å²) < 4.78 is 2.17. The van der Waals surface area contributed by atoms with Gasteiger partial charge in [-0.25, -0.2) is 4.98 Å². The molecule has 1 aromatic heterocycles. The highest BCUT2D eigenvalue weighted by molar-refractivity contribution is 6.31. The zero-order valence-corrected chi connectivity index (χ0v) is 12.8. The summed E-state index contributed by atoms with van der Waals surface area (Å²) in [6.45, 7) is 4.24. The van der Waals surface area contributed by atoms with Crippen LogP contribution >= 0.6 is 11.6 Å². The van der Waals surface area contributed by atoms with Crippen LogP contribution in [0.15, 0.2) is 42.5 Å². The molecular formula is C17H17ClN2O. The Morgan fingerprint density at radius 2 is 1.95 bits per heavy atom. The number of aromatic hydroxyl groups is 1. The van der Waals surface area contributed by atoms with E-state index in [-0.39, 0.29) is 6.04 Å². The predicted molar refractivity (Wildman–Crippen MR) is 86.0 cm³/mol. The number of aromatic nitrogens is 2. The summed E-state index contributed by atoms with van der Waals surface area (Å²) in [5.74, 6) is 1.24. The Morgan fingerprint density at radius 1 is 1.19 bits per heavy atom. The summed E-state index contributed by atoms with van der Waals surface area (Å²) in [5.41, 5.74) is 2.84. The van der Waals surface area contributed by atoms with Crippen LogP contribution < -0.4 is 0 Å². The van der Waals surface area contributed by atoms with E-state index in [0.717, 1.165) is 22.4 Å². The van der Waals surface area contributed by atoms with E-state index < -0.39 is 0 Å². The molecule has 0 aliphatic heterocycles. The quantitative estimate of drug-likeness (QED) is 0.769.